The van der Waals surface area contributed by atoms with Crippen LogP contribution in [0, 0.1) is 5.92 Å². The molecule has 1 aliphatic rings. The monoisotopic (exact) mass is 454 g/mol. The van der Waals surface area contributed by atoms with E-state index in [1.54, 1.807) is 0 Å². The van der Waals surface area contributed by atoms with Gasteiger partial charge in [-0.2, -0.15) is 0 Å². The van der Waals surface area contributed by atoms with Crippen molar-refractivity contribution in [3.8, 4) is 0 Å². The van der Waals surface area contributed by atoms with Gasteiger partial charge in [-0.15, -0.1) is 24.0 Å². The second-order valence-corrected chi connectivity index (χ2v) is 6.88. The Kier molecular flexibility index (Phi) is 15.1. The Morgan fingerprint density at radius 2 is 2.00 bits per heavy atom. The quantitative estimate of drug-likeness (QED) is 0.218. The van der Waals surface area contributed by atoms with E-state index in [-0.39, 0.29) is 24.0 Å². The van der Waals surface area contributed by atoms with Gasteiger partial charge in [-0.3, -0.25) is 9.89 Å². The van der Waals surface area contributed by atoms with Gasteiger partial charge < -0.3 is 15.4 Å². The van der Waals surface area contributed by atoms with Crippen molar-refractivity contribution in [1.29, 1.82) is 0 Å². The van der Waals surface area contributed by atoms with Crippen molar-refractivity contribution in [2.45, 2.75) is 58.9 Å². The van der Waals surface area contributed by atoms with Gasteiger partial charge in [0.15, 0.2) is 5.96 Å². The maximum atomic E-state index is 5.57. The molecule has 1 saturated heterocycles. The Morgan fingerprint density at radius 3 is 2.67 bits per heavy atom. The van der Waals surface area contributed by atoms with E-state index < -0.39 is 0 Å². The first-order valence-corrected chi connectivity index (χ1v) is 9.43. The number of aliphatic imine (C=N–C) groups is 1. The van der Waals surface area contributed by atoms with Gasteiger partial charge in [-0.25, -0.2) is 0 Å². The normalized spacial score (nSPS) is 18.7. The van der Waals surface area contributed by atoms with Gasteiger partial charge in [-0.05, 0) is 38.1 Å². The van der Waals surface area contributed by atoms with E-state index in [0.717, 1.165) is 51.0 Å². The molecule has 0 spiro atoms. The van der Waals surface area contributed by atoms with Crippen molar-refractivity contribution < 1.29 is 4.74 Å². The van der Waals surface area contributed by atoms with Gasteiger partial charge in [0.25, 0.3) is 0 Å². The standard InChI is InChI=1S/C18H38N4O.HI/c1-5-6-12-23-13-8-10-20-18(19-4)21-14-17-9-7-11-22(17)15-16(2)3;/h16-17H,5-15H2,1-4H3,(H2,19,20,21);1H/t17-;/m1./s1. The lowest BCUT2D eigenvalue weighted by Gasteiger charge is -2.27. The number of nitrogens with one attached hydrogen (secondary N) is 2. The van der Waals surface area contributed by atoms with Crippen LogP contribution in [0.2, 0.25) is 0 Å². The molecular formula is C18H39IN4O. The van der Waals surface area contributed by atoms with E-state index in [0.29, 0.717) is 6.04 Å². The number of rotatable bonds is 11. The van der Waals surface area contributed by atoms with Crippen LogP contribution in [0.5, 0.6) is 0 Å². The van der Waals surface area contributed by atoms with E-state index in [1.165, 1.54) is 32.4 Å². The molecule has 144 valence electrons. The van der Waals surface area contributed by atoms with Crippen molar-refractivity contribution in [1.82, 2.24) is 15.5 Å². The summed E-state index contributed by atoms with van der Waals surface area (Å²) in [6.45, 7) is 12.8. The number of unbranched alkanes of at least 4 members (excludes halogenated alkanes) is 1. The molecule has 0 aliphatic carbocycles. The molecule has 0 amide bonds. The fourth-order valence-electron chi connectivity index (χ4n) is 3.00. The predicted octanol–water partition coefficient (Wildman–Crippen LogP) is 3.10. The fraction of sp³-hybridized carbons (Fsp3) is 0.944. The Hall–Kier alpha value is -0.0800. The molecule has 6 heteroatoms. The van der Waals surface area contributed by atoms with Gasteiger partial charge in [0, 0.05) is 45.9 Å². The largest absolute Gasteiger partial charge is 0.381 e. The summed E-state index contributed by atoms with van der Waals surface area (Å²) in [7, 11) is 1.84. The van der Waals surface area contributed by atoms with Crippen LogP contribution >= 0.6 is 24.0 Å². The van der Waals surface area contributed by atoms with Crippen LogP contribution in [-0.2, 0) is 4.74 Å². The smallest absolute Gasteiger partial charge is 0.191 e. The lowest BCUT2D eigenvalue weighted by atomic mass is 10.1. The van der Waals surface area contributed by atoms with Gasteiger partial charge in [0.2, 0.25) is 0 Å². The molecule has 0 aromatic rings. The molecule has 2 N–H and O–H groups in total. The first-order valence-electron chi connectivity index (χ1n) is 9.43. The summed E-state index contributed by atoms with van der Waals surface area (Å²) in [4.78, 5) is 6.93. The predicted molar refractivity (Wildman–Crippen MR) is 115 cm³/mol. The van der Waals surface area contributed by atoms with Crippen LogP contribution in [-0.4, -0.2) is 63.3 Å². The summed E-state index contributed by atoms with van der Waals surface area (Å²) < 4.78 is 5.57. The summed E-state index contributed by atoms with van der Waals surface area (Å²) in [6.07, 6.45) is 5.99. The summed E-state index contributed by atoms with van der Waals surface area (Å²) >= 11 is 0. The van der Waals surface area contributed by atoms with Crippen molar-refractivity contribution in [3.63, 3.8) is 0 Å². The third-order valence-electron chi connectivity index (χ3n) is 4.23. The van der Waals surface area contributed by atoms with E-state index >= 15 is 0 Å². The average molecular weight is 454 g/mol. The minimum atomic E-state index is 0. The maximum absolute atomic E-state index is 5.57. The first-order chi connectivity index (χ1) is 11.2. The molecule has 0 radical (unpaired) electrons. The van der Waals surface area contributed by atoms with Gasteiger partial charge in [0.1, 0.15) is 0 Å². The topological polar surface area (TPSA) is 48.9 Å². The molecule has 1 aliphatic heterocycles. The highest BCUT2D eigenvalue weighted by Crippen LogP contribution is 2.17. The zero-order chi connectivity index (χ0) is 16.9. The molecule has 0 aromatic heterocycles. The number of ether oxygens (including phenoxy) is 1. The van der Waals surface area contributed by atoms with E-state index in [4.69, 9.17) is 4.74 Å². The van der Waals surface area contributed by atoms with E-state index in [2.05, 4.69) is 41.3 Å². The molecule has 0 bridgehead atoms. The molecule has 0 unspecified atom stereocenters. The van der Waals surface area contributed by atoms with Crippen molar-refractivity contribution >= 4 is 29.9 Å². The van der Waals surface area contributed by atoms with E-state index in [9.17, 15) is 0 Å². The molecule has 1 atom stereocenters. The Balaban J connectivity index is 0.00000529. The highest BCUT2D eigenvalue weighted by Gasteiger charge is 2.24. The summed E-state index contributed by atoms with van der Waals surface area (Å²) in [5, 5.41) is 6.86. The van der Waals surface area contributed by atoms with Gasteiger partial charge in [0.05, 0.1) is 0 Å². The van der Waals surface area contributed by atoms with Crippen molar-refractivity contribution in [2.75, 3.05) is 46.4 Å². The van der Waals surface area contributed by atoms with Gasteiger partial charge >= 0.3 is 0 Å². The summed E-state index contributed by atoms with van der Waals surface area (Å²) in [5.41, 5.74) is 0. The van der Waals surface area contributed by atoms with Crippen LogP contribution in [0.3, 0.4) is 0 Å². The Bertz CT molecular complexity index is 326. The zero-order valence-electron chi connectivity index (χ0n) is 16.1. The highest BCUT2D eigenvalue weighted by atomic mass is 127. The third-order valence-corrected chi connectivity index (χ3v) is 4.23. The highest BCUT2D eigenvalue weighted by molar-refractivity contribution is 14.0. The Labute approximate surface area is 166 Å². The number of hydrogen-bond acceptors (Lipinski definition) is 3. The van der Waals surface area contributed by atoms with Crippen LogP contribution in [0.1, 0.15) is 52.9 Å². The number of guanidine groups is 1. The maximum Gasteiger partial charge on any atom is 0.191 e. The number of halogens is 1. The lowest BCUT2D eigenvalue weighted by molar-refractivity contribution is 0.129. The van der Waals surface area contributed by atoms with Crippen LogP contribution in [0.4, 0.5) is 0 Å². The molecular weight excluding hydrogens is 415 g/mol. The molecule has 0 aromatic carbocycles. The van der Waals surface area contributed by atoms with Crippen LogP contribution in [0.25, 0.3) is 0 Å². The van der Waals surface area contributed by atoms with Gasteiger partial charge in [-0.1, -0.05) is 27.2 Å². The third kappa shape index (κ3) is 10.7. The Morgan fingerprint density at radius 1 is 1.25 bits per heavy atom. The second kappa shape index (κ2) is 15.2. The molecule has 0 saturated carbocycles. The molecule has 1 rings (SSSR count). The zero-order valence-corrected chi connectivity index (χ0v) is 18.5. The lowest BCUT2D eigenvalue weighted by Crippen LogP contribution is -2.45. The van der Waals surface area contributed by atoms with Crippen LogP contribution in [0.15, 0.2) is 4.99 Å². The SMILES string of the molecule is CCCCOCCCNC(=NC)NC[C@H]1CCCN1CC(C)C.I. The average Bonchev–Trinajstić information content (AvgIpc) is 2.95. The summed E-state index contributed by atoms with van der Waals surface area (Å²) in [5.74, 6) is 1.65. The number of nitrogens with zero attached hydrogens (tertiary/aromatic N) is 2. The minimum absolute atomic E-state index is 0. The minimum Gasteiger partial charge on any atom is -0.381 e. The van der Waals surface area contributed by atoms with E-state index in [1.807, 2.05) is 7.05 Å². The van der Waals surface area contributed by atoms with Crippen molar-refractivity contribution in [2.24, 2.45) is 10.9 Å². The van der Waals surface area contributed by atoms with Crippen molar-refractivity contribution in [3.05, 3.63) is 0 Å². The summed E-state index contributed by atoms with van der Waals surface area (Å²) in [6, 6.07) is 0.647. The molecule has 5 nitrogen and oxygen atoms in total. The number of likely N-dealkylation sites (tertiary alicyclic amines) is 1. The fourth-order valence-corrected chi connectivity index (χ4v) is 3.00. The first kappa shape index (κ1) is 23.9. The van der Waals surface area contributed by atoms with Crippen LogP contribution < -0.4 is 10.6 Å². The molecule has 1 fully saturated rings. The number of hydrogen-bond donors (Lipinski definition) is 2. The molecule has 1 heterocycles. The molecule has 24 heavy (non-hydrogen) atoms. The second-order valence-electron chi connectivity index (χ2n) is 6.88.